The van der Waals surface area contributed by atoms with Gasteiger partial charge in [0.05, 0.1) is 17.6 Å². The lowest BCUT2D eigenvalue weighted by molar-refractivity contribution is -0.111. The molecule has 0 aliphatic carbocycles. The van der Waals surface area contributed by atoms with Gasteiger partial charge < -0.3 is 9.88 Å². The number of nitrogens with zero attached hydrogens (tertiary/aromatic N) is 5. The van der Waals surface area contributed by atoms with Gasteiger partial charge in [-0.05, 0) is 61.0 Å². The molecule has 7 nitrogen and oxygen atoms in total. The summed E-state index contributed by atoms with van der Waals surface area (Å²) in [4.78, 5) is 13.5. The van der Waals surface area contributed by atoms with Crippen LogP contribution in [0.1, 0.15) is 24.7 Å². The second-order valence-electron chi connectivity index (χ2n) is 7.66. The smallest absolute Gasteiger partial charge is 0.248 e. The van der Waals surface area contributed by atoms with Crippen LogP contribution in [0.3, 0.4) is 0 Å². The number of aryl methyl sites for hydroxylation is 2. The molecule has 0 unspecified atom stereocenters. The number of nitrogens with one attached hydrogen (secondary N) is 1. The zero-order chi connectivity index (χ0) is 23.9. The zero-order valence-electron chi connectivity index (χ0n) is 19.0. The molecule has 34 heavy (non-hydrogen) atoms. The van der Waals surface area contributed by atoms with E-state index in [9.17, 15) is 9.18 Å². The topological polar surface area (TPSA) is 77.6 Å². The monoisotopic (exact) mass is 476 g/mol. The van der Waals surface area contributed by atoms with Gasteiger partial charge >= 0.3 is 0 Å². The Morgan fingerprint density at radius 1 is 1.15 bits per heavy atom. The van der Waals surface area contributed by atoms with Crippen LogP contribution in [0.2, 0.25) is 0 Å². The van der Waals surface area contributed by atoms with Crippen molar-refractivity contribution >= 4 is 29.4 Å². The highest BCUT2D eigenvalue weighted by Gasteiger charge is 2.10. The maximum absolute atomic E-state index is 13.3. The maximum Gasteiger partial charge on any atom is 0.248 e. The predicted octanol–water partition coefficient (Wildman–Crippen LogP) is 5.17. The number of hydrogen-bond donors (Lipinski definition) is 1. The summed E-state index contributed by atoms with van der Waals surface area (Å²) in [5.74, 6) is 1.13. The summed E-state index contributed by atoms with van der Waals surface area (Å²) in [5, 5.41) is 15.3. The summed E-state index contributed by atoms with van der Waals surface area (Å²) in [5.41, 5.74) is 3.10. The number of carbonyl (C=O) groups is 1. The molecular formula is C25H25FN6OS. The van der Waals surface area contributed by atoms with Crippen molar-refractivity contribution in [3.8, 4) is 11.3 Å². The van der Waals surface area contributed by atoms with Crippen LogP contribution in [0.4, 0.5) is 10.1 Å². The Morgan fingerprint density at radius 2 is 1.91 bits per heavy atom. The quantitative estimate of drug-likeness (QED) is 0.266. The number of thioether (sulfide) groups is 1. The lowest BCUT2D eigenvalue weighted by Crippen LogP contribution is -2.07. The standard InChI is InChI=1S/C25H25FN6OS/c1-3-14-32-17-27-30-23(32)16-34-22-11-9-21(10-12-22)29-24(33)13-6-19-15-28-31(2)25(19)18-4-7-20(26)8-5-18/h4-13,15,17H,3,14,16H2,1-2H3,(H,29,33). The van der Waals surface area contributed by atoms with E-state index in [-0.39, 0.29) is 11.7 Å². The summed E-state index contributed by atoms with van der Waals surface area (Å²) in [6.45, 7) is 3.03. The molecular weight excluding hydrogens is 451 g/mol. The van der Waals surface area contributed by atoms with Gasteiger partial charge in [0.2, 0.25) is 5.91 Å². The van der Waals surface area contributed by atoms with Gasteiger partial charge in [0.1, 0.15) is 18.0 Å². The number of hydrogen-bond acceptors (Lipinski definition) is 5. The van der Waals surface area contributed by atoms with Crippen molar-refractivity contribution in [3.05, 3.63) is 84.3 Å². The summed E-state index contributed by atoms with van der Waals surface area (Å²) in [6, 6.07) is 13.9. The molecule has 0 saturated heterocycles. The van der Waals surface area contributed by atoms with Gasteiger partial charge in [-0.2, -0.15) is 5.10 Å². The molecule has 0 spiro atoms. The van der Waals surface area contributed by atoms with E-state index in [0.29, 0.717) is 5.69 Å². The third-order valence-corrected chi connectivity index (χ3v) is 6.16. The second kappa shape index (κ2) is 10.9. The minimum atomic E-state index is -0.299. The van der Waals surface area contributed by atoms with Crippen LogP contribution in [0.25, 0.3) is 17.3 Å². The lowest BCUT2D eigenvalue weighted by Gasteiger charge is -2.06. The van der Waals surface area contributed by atoms with Gasteiger partial charge in [-0.15, -0.1) is 22.0 Å². The first-order valence-electron chi connectivity index (χ1n) is 10.9. The minimum Gasteiger partial charge on any atom is -0.323 e. The minimum absolute atomic E-state index is 0.248. The molecule has 1 amide bonds. The van der Waals surface area contributed by atoms with E-state index in [1.807, 2.05) is 31.3 Å². The molecule has 0 aliphatic rings. The van der Waals surface area contributed by atoms with E-state index in [0.717, 1.165) is 46.3 Å². The van der Waals surface area contributed by atoms with Crippen LogP contribution in [0.15, 0.2) is 72.0 Å². The number of aromatic nitrogens is 5. The summed E-state index contributed by atoms with van der Waals surface area (Å²) < 4.78 is 17.0. The first kappa shape index (κ1) is 23.4. The predicted molar refractivity (Wildman–Crippen MR) is 133 cm³/mol. The molecule has 4 rings (SSSR count). The number of benzene rings is 2. The zero-order valence-corrected chi connectivity index (χ0v) is 19.8. The third kappa shape index (κ3) is 5.79. The van der Waals surface area contributed by atoms with Gasteiger partial charge in [-0.3, -0.25) is 9.48 Å². The van der Waals surface area contributed by atoms with Crippen molar-refractivity contribution < 1.29 is 9.18 Å². The van der Waals surface area contributed by atoms with Crippen LogP contribution < -0.4 is 5.32 Å². The molecule has 2 aromatic carbocycles. The molecule has 0 saturated carbocycles. The highest BCUT2D eigenvalue weighted by Crippen LogP contribution is 2.25. The van der Waals surface area contributed by atoms with Crippen LogP contribution in [-0.4, -0.2) is 30.5 Å². The summed E-state index contributed by atoms with van der Waals surface area (Å²) in [6.07, 6.45) is 7.65. The Hall–Kier alpha value is -3.72. The number of anilines is 1. The largest absolute Gasteiger partial charge is 0.323 e. The highest BCUT2D eigenvalue weighted by molar-refractivity contribution is 7.98. The normalized spacial score (nSPS) is 11.3. The van der Waals surface area contributed by atoms with Crippen molar-refractivity contribution in [1.29, 1.82) is 0 Å². The second-order valence-corrected chi connectivity index (χ2v) is 8.70. The average molecular weight is 477 g/mol. The fourth-order valence-electron chi connectivity index (χ4n) is 3.49. The molecule has 2 heterocycles. The molecule has 9 heteroatoms. The molecule has 0 fully saturated rings. The number of rotatable bonds is 9. The molecule has 4 aromatic rings. The Balaban J connectivity index is 1.35. The number of halogens is 1. The van der Waals surface area contributed by atoms with Crippen molar-refractivity contribution in [3.63, 3.8) is 0 Å². The molecule has 0 bridgehead atoms. The molecule has 2 aromatic heterocycles. The molecule has 0 aliphatic heterocycles. The molecule has 1 N–H and O–H groups in total. The Bertz CT molecular complexity index is 1280. The van der Waals surface area contributed by atoms with E-state index in [1.165, 1.54) is 18.2 Å². The van der Waals surface area contributed by atoms with Crippen LogP contribution in [0, 0.1) is 5.82 Å². The number of carbonyl (C=O) groups excluding carboxylic acids is 1. The van der Waals surface area contributed by atoms with Crippen molar-refractivity contribution in [2.45, 2.75) is 30.5 Å². The van der Waals surface area contributed by atoms with Crippen molar-refractivity contribution in [2.75, 3.05) is 5.32 Å². The average Bonchev–Trinajstić information content (AvgIpc) is 3.44. The van der Waals surface area contributed by atoms with E-state index < -0.39 is 0 Å². The number of amides is 1. The van der Waals surface area contributed by atoms with E-state index >= 15 is 0 Å². The SMILES string of the molecule is CCCn1cnnc1CSc1ccc(NC(=O)C=Cc2cnn(C)c2-c2ccc(F)cc2)cc1. The van der Waals surface area contributed by atoms with Crippen molar-refractivity contribution in [2.24, 2.45) is 7.05 Å². The van der Waals surface area contributed by atoms with Gasteiger partial charge in [0, 0.05) is 41.4 Å². The van der Waals surface area contributed by atoms with Gasteiger partial charge in [-0.1, -0.05) is 6.92 Å². The Kier molecular flexibility index (Phi) is 7.54. The van der Waals surface area contributed by atoms with Crippen molar-refractivity contribution in [1.82, 2.24) is 24.5 Å². The van der Waals surface area contributed by atoms with Crippen LogP contribution >= 0.6 is 11.8 Å². The Morgan fingerprint density at radius 3 is 2.65 bits per heavy atom. The summed E-state index contributed by atoms with van der Waals surface area (Å²) in [7, 11) is 1.81. The highest BCUT2D eigenvalue weighted by atomic mass is 32.2. The van der Waals surface area contributed by atoms with Gasteiger partial charge in [0.15, 0.2) is 0 Å². The van der Waals surface area contributed by atoms with Gasteiger partial charge in [0.25, 0.3) is 0 Å². The van der Waals surface area contributed by atoms with Crippen LogP contribution in [-0.2, 0) is 24.1 Å². The molecule has 0 atom stereocenters. The molecule has 174 valence electrons. The fraction of sp³-hybridized carbons (Fsp3) is 0.200. The van der Waals surface area contributed by atoms with Gasteiger partial charge in [-0.25, -0.2) is 4.39 Å². The summed E-state index contributed by atoms with van der Waals surface area (Å²) >= 11 is 1.67. The third-order valence-electron chi connectivity index (χ3n) is 5.15. The molecule has 0 radical (unpaired) electrons. The fourth-order valence-corrected chi connectivity index (χ4v) is 4.34. The van der Waals surface area contributed by atoms with E-state index in [2.05, 4.69) is 32.1 Å². The van der Waals surface area contributed by atoms with E-state index in [1.54, 1.807) is 47.2 Å². The first-order valence-corrected chi connectivity index (χ1v) is 11.9. The van der Waals surface area contributed by atoms with Crippen LogP contribution in [0.5, 0.6) is 0 Å². The lowest BCUT2D eigenvalue weighted by atomic mass is 10.1. The maximum atomic E-state index is 13.3. The van der Waals surface area contributed by atoms with E-state index in [4.69, 9.17) is 0 Å². The Labute approximate surface area is 201 Å². The first-order chi connectivity index (χ1) is 16.5.